The number of Topliss-reactive ketones (excluding diaryl/α,β-unsaturated/α-hetero) is 1. The number of amides is 6. The molecule has 6 atom stereocenters. The summed E-state index contributed by atoms with van der Waals surface area (Å²) in [5.41, 5.74) is 9.54. The lowest BCUT2D eigenvalue weighted by atomic mass is 9.91. The van der Waals surface area contributed by atoms with Crippen LogP contribution in [0.1, 0.15) is 148 Å². The molecule has 22 nitrogen and oxygen atoms in total. The molecule has 6 amide bonds. The molecule has 0 bridgehead atoms. The Hall–Kier alpha value is -8.40. The van der Waals surface area contributed by atoms with Crippen molar-refractivity contribution in [2.45, 2.75) is 209 Å². The number of carboxylic acid groups (broad SMARTS) is 1. The average Bonchev–Trinajstić information content (AvgIpc) is 1.29. The molecule has 0 saturated heterocycles. The van der Waals surface area contributed by atoms with Crippen LogP contribution in [0.3, 0.4) is 0 Å². The summed E-state index contributed by atoms with van der Waals surface area (Å²) in [6.07, 6.45) is -1.41. The van der Waals surface area contributed by atoms with E-state index in [9.17, 15) is 53.7 Å². The minimum absolute atomic E-state index is 0.115. The molecule has 4 rings (SSSR count). The van der Waals surface area contributed by atoms with Crippen molar-refractivity contribution in [2.24, 2.45) is 11.7 Å². The molecule has 0 aromatic heterocycles. The van der Waals surface area contributed by atoms with Gasteiger partial charge in [0.2, 0.25) is 11.8 Å². The van der Waals surface area contributed by atoms with E-state index in [1.165, 1.54) is 0 Å². The van der Waals surface area contributed by atoms with Gasteiger partial charge >= 0.3 is 30.3 Å². The number of nitrogens with one attached hydrogen (secondary N) is 6. The first kappa shape index (κ1) is 76.7. The van der Waals surface area contributed by atoms with Gasteiger partial charge in [-0.15, -0.1) is 0 Å². The van der Waals surface area contributed by atoms with E-state index in [0.29, 0.717) is 12.8 Å². The van der Waals surface area contributed by atoms with Crippen LogP contribution >= 0.6 is 0 Å². The van der Waals surface area contributed by atoms with Gasteiger partial charge in [-0.05, 0) is 199 Å². The summed E-state index contributed by atoms with van der Waals surface area (Å²) in [4.78, 5) is 98.6. The van der Waals surface area contributed by atoms with Gasteiger partial charge in [0.05, 0.1) is 24.2 Å². The maximum Gasteiger partial charge on any atom is 0.408 e. The van der Waals surface area contributed by atoms with Gasteiger partial charge in [0.25, 0.3) is 0 Å². The third kappa shape index (κ3) is 32.4. The van der Waals surface area contributed by atoms with Gasteiger partial charge in [-0.25, -0.2) is 24.0 Å². The number of nitrogens with two attached hydrogens (primary N) is 1. The number of aliphatic carboxylic acids is 1. The summed E-state index contributed by atoms with van der Waals surface area (Å²) in [5.74, 6) is -2.57. The number of carbonyl (C=O) groups excluding carboxylic acids is 7. The maximum absolute atomic E-state index is 13.5. The predicted octanol–water partition coefficient (Wildman–Crippen LogP) is 9.41. The van der Waals surface area contributed by atoms with E-state index >= 15 is 0 Å². The van der Waals surface area contributed by atoms with Crippen molar-refractivity contribution in [3.05, 3.63) is 129 Å². The Morgan fingerprint density at radius 3 is 1.08 bits per heavy atom. The quantitative estimate of drug-likeness (QED) is 0.0327. The van der Waals surface area contributed by atoms with Crippen molar-refractivity contribution in [1.29, 1.82) is 0 Å². The summed E-state index contributed by atoms with van der Waals surface area (Å²) in [7, 11) is 0. The number of carbonyl (C=O) groups is 8. The van der Waals surface area contributed by atoms with Crippen molar-refractivity contribution in [2.75, 3.05) is 13.1 Å². The maximum atomic E-state index is 13.5. The molecule has 89 heavy (non-hydrogen) atoms. The second-order valence-corrected chi connectivity index (χ2v) is 26.2. The first-order valence-electron chi connectivity index (χ1n) is 29.7. The van der Waals surface area contributed by atoms with Crippen molar-refractivity contribution >= 4 is 47.9 Å². The predicted molar refractivity (Wildman–Crippen MR) is 342 cm³/mol. The van der Waals surface area contributed by atoms with Gasteiger partial charge < -0.3 is 71.9 Å². The highest BCUT2D eigenvalue weighted by atomic mass is 16.6. The molecule has 0 radical (unpaired) electrons. The molecule has 4 aromatic carbocycles. The number of phenols is 2. The number of hydrogen-bond donors (Lipinski definition) is 10. The topological polar surface area (TPSA) is 332 Å². The summed E-state index contributed by atoms with van der Waals surface area (Å²) in [6.45, 7) is 31.9. The lowest BCUT2D eigenvalue weighted by Crippen LogP contribution is -2.49. The molecule has 0 saturated carbocycles. The van der Waals surface area contributed by atoms with E-state index in [4.69, 9.17) is 24.7 Å². The zero-order chi connectivity index (χ0) is 67.8. The number of aromatic hydroxyl groups is 2. The Bertz CT molecular complexity index is 2930. The number of rotatable bonds is 22. The van der Waals surface area contributed by atoms with E-state index in [1.54, 1.807) is 135 Å². The highest BCUT2D eigenvalue weighted by Gasteiger charge is 2.31. The number of alkyl carbamates (subject to hydrolysis) is 4. The Morgan fingerprint density at radius 1 is 0.461 bits per heavy atom. The van der Waals surface area contributed by atoms with E-state index < -0.39 is 82.8 Å². The smallest absolute Gasteiger partial charge is 0.408 e. The lowest BCUT2D eigenvalue weighted by molar-refractivity contribution is -0.139. The SMILES string of the molecule is C[C@@H](N)C(=O)NC[C@H](Cc1ccccc1)NC(=O)OC(C)(C)C.Cc1cc(O)cc(C)c1C[C@H](NC(=O)OC(C)(C)C)C(=O)C[C@H](C)C(=O)NC[C@H](Cc1ccccc1)NC(=O)OC(C)(C)C.Cc1cc(O)cc(C)c1C[C@H](NC(=O)OC(C)(C)C)C(=O)O. The number of benzene rings is 4. The van der Waals surface area contributed by atoms with E-state index in [-0.39, 0.29) is 67.5 Å². The van der Waals surface area contributed by atoms with Crippen LogP contribution in [-0.2, 0) is 63.8 Å². The molecule has 492 valence electrons. The van der Waals surface area contributed by atoms with E-state index in [0.717, 1.165) is 44.5 Å². The minimum atomic E-state index is -1.14. The Kier molecular flexibility index (Phi) is 30.1. The highest BCUT2D eigenvalue weighted by Crippen LogP contribution is 2.25. The molecule has 0 aliphatic carbocycles. The molecule has 0 spiro atoms. The lowest BCUT2D eigenvalue weighted by Gasteiger charge is -2.25. The third-order valence-electron chi connectivity index (χ3n) is 12.8. The minimum Gasteiger partial charge on any atom is -0.508 e. The fraction of sp³-hybridized carbons (Fsp3) is 0.522. The normalized spacial score (nSPS) is 13.4. The van der Waals surface area contributed by atoms with Crippen LogP contribution in [0.4, 0.5) is 19.2 Å². The van der Waals surface area contributed by atoms with Gasteiger partial charge in [0.15, 0.2) is 5.78 Å². The molecule has 0 unspecified atom stereocenters. The Balaban J connectivity index is 0.000000503. The molecule has 4 aromatic rings. The number of ketones is 1. The van der Waals surface area contributed by atoms with Crippen LogP contribution in [0.5, 0.6) is 11.5 Å². The molecule has 0 aliphatic heterocycles. The van der Waals surface area contributed by atoms with Crippen LogP contribution in [0.2, 0.25) is 0 Å². The summed E-state index contributed by atoms with van der Waals surface area (Å²) < 4.78 is 21.2. The summed E-state index contributed by atoms with van der Waals surface area (Å²) in [5, 5.41) is 45.1. The fourth-order valence-corrected chi connectivity index (χ4v) is 8.75. The van der Waals surface area contributed by atoms with E-state index in [2.05, 4.69) is 31.9 Å². The average molecular weight is 1240 g/mol. The largest absolute Gasteiger partial charge is 0.508 e. The number of aryl methyl sites for hydroxylation is 4. The second-order valence-electron chi connectivity index (χ2n) is 26.2. The van der Waals surface area contributed by atoms with Crippen molar-refractivity contribution in [3.8, 4) is 11.5 Å². The van der Waals surface area contributed by atoms with Crippen molar-refractivity contribution < 1.29 is 72.6 Å². The van der Waals surface area contributed by atoms with Crippen LogP contribution in [0, 0.1) is 33.6 Å². The first-order chi connectivity index (χ1) is 41.0. The van der Waals surface area contributed by atoms with Gasteiger partial charge in [-0.1, -0.05) is 67.6 Å². The van der Waals surface area contributed by atoms with E-state index in [1.807, 2.05) is 74.5 Å². The van der Waals surface area contributed by atoms with Gasteiger partial charge in [-0.3, -0.25) is 14.4 Å². The molecule has 0 aliphatic rings. The molecular weight excluding hydrogens is 1140 g/mol. The third-order valence-corrected chi connectivity index (χ3v) is 12.8. The number of ether oxygens (including phenoxy) is 4. The molecule has 0 heterocycles. The number of carboxylic acids is 1. The van der Waals surface area contributed by atoms with Crippen LogP contribution in [0.15, 0.2) is 84.9 Å². The zero-order valence-electron chi connectivity index (χ0n) is 55.3. The van der Waals surface area contributed by atoms with Gasteiger partial charge in [0.1, 0.15) is 39.9 Å². The van der Waals surface area contributed by atoms with Gasteiger partial charge in [0, 0.05) is 38.3 Å². The first-order valence-corrected chi connectivity index (χ1v) is 29.7. The summed E-state index contributed by atoms with van der Waals surface area (Å²) in [6, 6.07) is 22.2. The second kappa shape index (κ2) is 35.0. The van der Waals surface area contributed by atoms with Crippen LogP contribution < -0.4 is 37.6 Å². The number of hydrogen-bond acceptors (Lipinski definition) is 15. The number of phenolic OH excluding ortho intramolecular Hbond substituents is 2. The van der Waals surface area contributed by atoms with Gasteiger partial charge in [-0.2, -0.15) is 0 Å². The molecule has 0 fully saturated rings. The monoisotopic (exact) mass is 1240 g/mol. The Labute approximate surface area is 525 Å². The fourth-order valence-electron chi connectivity index (χ4n) is 8.75. The molecular formula is C67H99N7O15. The van der Waals surface area contributed by atoms with Crippen molar-refractivity contribution in [3.63, 3.8) is 0 Å². The summed E-state index contributed by atoms with van der Waals surface area (Å²) >= 11 is 0. The standard InChI is InChI=1S/C34H49N3O7.C17H27N3O3.C16H23NO5/c1-21-15-26(38)16-22(2)27(21)19-28(37-32(42)44-34(7,8)9)29(39)17-23(3)30(40)35-20-25(18-24-13-11-10-12-14-24)36-31(41)43-33(4,5)6;1-12(18)15(21)19-11-14(10-13-8-6-5-7-9-13)20-16(22)23-17(2,3)4;1-9-6-11(18)7-10(2)12(9)8-13(14(19)20)17-15(21)22-16(3,4)5/h10-16,23,25,28,38H,17-20H2,1-9H3,(H,35,40)(H,36,41)(H,37,42);5-9,12,14H,10-11,18H2,1-4H3,(H,19,21)(H,20,22);6-7,13,18H,8H2,1-5H3,(H,17,21)(H,19,20)/t23-,25-,28-;12-,14+;13-/m010/s1. The molecule has 22 heteroatoms. The highest BCUT2D eigenvalue weighted by molar-refractivity contribution is 5.92. The molecule has 11 N–H and O–H groups in total. The van der Waals surface area contributed by atoms with Crippen LogP contribution in [0.25, 0.3) is 0 Å². The van der Waals surface area contributed by atoms with Crippen LogP contribution in [-0.4, -0.2) is 129 Å². The zero-order valence-corrected chi connectivity index (χ0v) is 55.3. The van der Waals surface area contributed by atoms with Crippen molar-refractivity contribution in [1.82, 2.24) is 31.9 Å². The Morgan fingerprint density at radius 2 is 0.764 bits per heavy atom.